The van der Waals surface area contributed by atoms with Crippen molar-refractivity contribution in [1.29, 1.82) is 0 Å². The van der Waals surface area contributed by atoms with Gasteiger partial charge in [0.15, 0.2) is 5.56 Å². The first-order valence-corrected chi connectivity index (χ1v) is 6.83. The average Bonchev–Trinajstić information content (AvgIpc) is 2.43. The van der Waals surface area contributed by atoms with Crippen LogP contribution in [-0.2, 0) is 0 Å². The highest BCUT2D eigenvalue weighted by atomic mass is 16.6. The molecule has 2 rings (SSSR count). The number of rotatable bonds is 6. The molecule has 7 nitrogen and oxygen atoms in total. The van der Waals surface area contributed by atoms with Crippen LogP contribution in [0.5, 0.6) is 5.75 Å². The van der Waals surface area contributed by atoms with Crippen molar-refractivity contribution < 1.29 is 19.6 Å². The first kappa shape index (κ1) is 15.2. The standard InChI is InChI=1S/C14H18N2O5/c1-21-12-7-3-6-11(16(19)20)13(12)14(18)15(8-9-17)10-4-2-5-10/h3,6-7,10,17H,2,4-5,8-9H2,1H3. The van der Waals surface area contributed by atoms with E-state index in [0.29, 0.717) is 0 Å². The van der Waals surface area contributed by atoms with E-state index in [-0.39, 0.29) is 36.2 Å². The lowest BCUT2D eigenvalue weighted by Gasteiger charge is -2.37. The van der Waals surface area contributed by atoms with Crippen molar-refractivity contribution in [2.75, 3.05) is 20.3 Å². The summed E-state index contributed by atoms with van der Waals surface area (Å²) in [6, 6.07) is 4.33. The number of nitrogens with zero attached hydrogens (tertiary/aromatic N) is 2. The molecule has 114 valence electrons. The molecule has 0 heterocycles. The van der Waals surface area contributed by atoms with Gasteiger partial charge in [-0.3, -0.25) is 14.9 Å². The Bertz CT molecular complexity index is 542. The molecule has 1 aliphatic rings. The second-order valence-corrected chi connectivity index (χ2v) is 4.92. The molecule has 7 heteroatoms. The fraction of sp³-hybridized carbons (Fsp3) is 0.500. The zero-order valence-corrected chi connectivity index (χ0v) is 11.8. The fourth-order valence-corrected chi connectivity index (χ4v) is 2.46. The van der Waals surface area contributed by atoms with Gasteiger partial charge in [0.2, 0.25) is 0 Å². The van der Waals surface area contributed by atoms with Crippen molar-refractivity contribution in [3.05, 3.63) is 33.9 Å². The minimum absolute atomic E-state index is 0.0363. The van der Waals surface area contributed by atoms with E-state index >= 15 is 0 Å². The van der Waals surface area contributed by atoms with Crippen LogP contribution < -0.4 is 4.74 Å². The van der Waals surface area contributed by atoms with Gasteiger partial charge in [-0.15, -0.1) is 0 Å². The fourth-order valence-electron chi connectivity index (χ4n) is 2.46. The van der Waals surface area contributed by atoms with Gasteiger partial charge in [-0.25, -0.2) is 0 Å². The second-order valence-electron chi connectivity index (χ2n) is 4.92. The first-order valence-electron chi connectivity index (χ1n) is 6.83. The molecule has 0 atom stereocenters. The van der Waals surface area contributed by atoms with Crippen LogP contribution in [-0.4, -0.2) is 47.1 Å². The van der Waals surface area contributed by atoms with E-state index in [2.05, 4.69) is 0 Å². The monoisotopic (exact) mass is 294 g/mol. The summed E-state index contributed by atoms with van der Waals surface area (Å²) in [7, 11) is 1.37. The number of hydrogen-bond donors (Lipinski definition) is 1. The normalized spacial score (nSPS) is 14.4. The van der Waals surface area contributed by atoms with Gasteiger partial charge in [-0.1, -0.05) is 6.07 Å². The van der Waals surface area contributed by atoms with E-state index in [4.69, 9.17) is 9.84 Å². The Kier molecular flexibility index (Phi) is 4.74. The van der Waals surface area contributed by atoms with E-state index in [0.717, 1.165) is 19.3 Å². The van der Waals surface area contributed by atoms with Crippen LogP contribution in [0.3, 0.4) is 0 Å². The summed E-state index contributed by atoms with van der Waals surface area (Å²) in [4.78, 5) is 24.8. The van der Waals surface area contributed by atoms with Gasteiger partial charge in [0.05, 0.1) is 18.6 Å². The van der Waals surface area contributed by atoms with Crippen LogP contribution in [0.2, 0.25) is 0 Å². The predicted molar refractivity (Wildman–Crippen MR) is 75.4 cm³/mol. The molecule has 0 bridgehead atoms. The highest BCUT2D eigenvalue weighted by Crippen LogP contribution is 2.32. The van der Waals surface area contributed by atoms with Crippen LogP contribution in [0.4, 0.5) is 5.69 Å². The maximum atomic E-state index is 12.7. The SMILES string of the molecule is COc1cccc([N+](=O)[O-])c1C(=O)N(CCO)C1CCC1. The third-order valence-corrected chi connectivity index (χ3v) is 3.75. The summed E-state index contributed by atoms with van der Waals surface area (Å²) < 4.78 is 5.10. The molecule has 1 N–H and O–H groups in total. The summed E-state index contributed by atoms with van der Waals surface area (Å²) in [6.07, 6.45) is 2.73. The number of nitro groups is 1. The summed E-state index contributed by atoms with van der Waals surface area (Å²) >= 11 is 0. The number of nitro benzene ring substituents is 1. The number of methoxy groups -OCH3 is 1. The number of carbonyl (C=O) groups is 1. The molecule has 1 saturated carbocycles. The molecule has 0 aromatic heterocycles. The molecule has 1 fully saturated rings. The third kappa shape index (κ3) is 2.97. The lowest BCUT2D eigenvalue weighted by Crippen LogP contribution is -2.45. The van der Waals surface area contributed by atoms with E-state index in [1.807, 2.05) is 0 Å². The lowest BCUT2D eigenvalue weighted by molar-refractivity contribution is -0.385. The predicted octanol–water partition coefficient (Wildman–Crippen LogP) is 1.59. The third-order valence-electron chi connectivity index (χ3n) is 3.75. The summed E-state index contributed by atoms with van der Waals surface area (Å²) in [5, 5.41) is 20.3. The maximum Gasteiger partial charge on any atom is 0.285 e. The Balaban J connectivity index is 2.42. The van der Waals surface area contributed by atoms with Crippen LogP contribution >= 0.6 is 0 Å². The summed E-state index contributed by atoms with van der Waals surface area (Å²) in [6.45, 7) is -0.0100. The van der Waals surface area contributed by atoms with Crippen molar-refractivity contribution in [3.63, 3.8) is 0 Å². The minimum Gasteiger partial charge on any atom is -0.496 e. The largest absolute Gasteiger partial charge is 0.496 e. The van der Waals surface area contributed by atoms with Gasteiger partial charge in [0.25, 0.3) is 11.6 Å². The summed E-state index contributed by atoms with van der Waals surface area (Å²) in [5.41, 5.74) is -0.327. The molecule has 21 heavy (non-hydrogen) atoms. The van der Waals surface area contributed by atoms with Gasteiger partial charge in [0, 0.05) is 18.7 Å². The molecule has 1 aromatic carbocycles. The highest BCUT2D eigenvalue weighted by molar-refractivity contribution is 6.01. The lowest BCUT2D eigenvalue weighted by atomic mass is 9.90. The summed E-state index contributed by atoms with van der Waals surface area (Å²) in [5.74, 6) is -0.283. The quantitative estimate of drug-likeness (QED) is 0.635. The van der Waals surface area contributed by atoms with Crippen LogP contribution in [0.15, 0.2) is 18.2 Å². The maximum absolute atomic E-state index is 12.7. The molecule has 0 radical (unpaired) electrons. The molecule has 0 unspecified atom stereocenters. The Hall–Kier alpha value is -2.15. The Morgan fingerprint density at radius 3 is 2.71 bits per heavy atom. The number of amides is 1. The molecule has 0 saturated heterocycles. The van der Waals surface area contributed by atoms with Gasteiger partial charge in [-0.2, -0.15) is 0 Å². The van der Waals surface area contributed by atoms with E-state index < -0.39 is 10.8 Å². The molecule has 1 aliphatic carbocycles. The van der Waals surface area contributed by atoms with Gasteiger partial charge >= 0.3 is 0 Å². The van der Waals surface area contributed by atoms with E-state index in [9.17, 15) is 14.9 Å². The molecular formula is C14H18N2O5. The Morgan fingerprint density at radius 2 is 2.24 bits per heavy atom. The van der Waals surface area contributed by atoms with Crippen molar-refractivity contribution in [1.82, 2.24) is 4.90 Å². The van der Waals surface area contributed by atoms with Gasteiger partial charge in [0.1, 0.15) is 5.75 Å². The molecule has 0 spiro atoms. The van der Waals surface area contributed by atoms with Crippen LogP contribution in [0.25, 0.3) is 0 Å². The second kappa shape index (κ2) is 6.53. The first-order chi connectivity index (χ1) is 10.1. The number of hydrogen-bond acceptors (Lipinski definition) is 5. The topological polar surface area (TPSA) is 92.9 Å². The van der Waals surface area contributed by atoms with Crippen LogP contribution in [0.1, 0.15) is 29.6 Å². The smallest absolute Gasteiger partial charge is 0.285 e. The van der Waals surface area contributed by atoms with E-state index in [1.165, 1.54) is 30.2 Å². The van der Waals surface area contributed by atoms with Crippen LogP contribution in [0, 0.1) is 10.1 Å². The van der Waals surface area contributed by atoms with E-state index in [1.54, 1.807) is 0 Å². The number of carbonyl (C=O) groups excluding carboxylic acids is 1. The zero-order valence-electron chi connectivity index (χ0n) is 11.8. The van der Waals surface area contributed by atoms with Crippen molar-refractivity contribution in [2.24, 2.45) is 0 Å². The van der Waals surface area contributed by atoms with Gasteiger partial charge in [-0.05, 0) is 25.3 Å². The number of aliphatic hydroxyl groups is 1. The molecule has 1 aromatic rings. The van der Waals surface area contributed by atoms with Crippen molar-refractivity contribution in [2.45, 2.75) is 25.3 Å². The van der Waals surface area contributed by atoms with Crippen molar-refractivity contribution in [3.8, 4) is 5.75 Å². The number of aliphatic hydroxyl groups excluding tert-OH is 1. The molecular weight excluding hydrogens is 276 g/mol. The van der Waals surface area contributed by atoms with Gasteiger partial charge < -0.3 is 14.7 Å². The average molecular weight is 294 g/mol. The number of benzene rings is 1. The Morgan fingerprint density at radius 1 is 1.52 bits per heavy atom. The highest BCUT2D eigenvalue weighted by Gasteiger charge is 2.34. The van der Waals surface area contributed by atoms with Crippen molar-refractivity contribution >= 4 is 11.6 Å². The minimum atomic E-state index is -0.590. The zero-order chi connectivity index (χ0) is 15.4. The number of ether oxygens (including phenoxy) is 1. The molecule has 0 aliphatic heterocycles. The molecule has 1 amide bonds. The Labute approximate surface area is 122 Å².